The zero-order valence-electron chi connectivity index (χ0n) is 15.1. The fourth-order valence-electron chi connectivity index (χ4n) is 2.85. The van der Waals surface area contributed by atoms with Gasteiger partial charge in [-0.3, -0.25) is 14.6 Å². The van der Waals surface area contributed by atoms with Crippen LogP contribution in [0.2, 0.25) is 0 Å². The highest BCUT2D eigenvalue weighted by Gasteiger charge is 2.25. The number of piperazine rings is 1. The number of nitrogens with zero attached hydrogens (tertiary/aromatic N) is 3. The number of pyridine rings is 1. The number of hydrogen-bond donors (Lipinski definition) is 0. The van der Waals surface area contributed by atoms with Gasteiger partial charge in [-0.1, -0.05) is 12.1 Å². The van der Waals surface area contributed by atoms with Gasteiger partial charge in [0.1, 0.15) is 11.4 Å². The predicted molar refractivity (Wildman–Crippen MR) is 98.1 cm³/mol. The van der Waals surface area contributed by atoms with Crippen molar-refractivity contribution in [2.45, 2.75) is 13.8 Å². The van der Waals surface area contributed by atoms with Crippen LogP contribution >= 0.6 is 0 Å². The molecule has 1 aliphatic heterocycles. The maximum Gasteiger partial charge on any atom is 0.272 e. The molecular weight excluding hydrogens is 330 g/mol. The van der Waals surface area contributed by atoms with Crippen LogP contribution in [-0.2, 0) is 4.79 Å². The first-order chi connectivity index (χ1) is 12.5. The minimum atomic E-state index is -0.0934. The van der Waals surface area contributed by atoms with E-state index in [0.717, 1.165) is 5.56 Å². The lowest BCUT2D eigenvalue weighted by Crippen LogP contribution is -2.51. The summed E-state index contributed by atoms with van der Waals surface area (Å²) in [6, 6.07) is 11.1. The van der Waals surface area contributed by atoms with E-state index in [9.17, 15) is 9.59 Å². The topological polar surface area (TPSA) is 62.7 Å². The van der Waals surface area contributed by atoms with Crippen molar-refractivity contribution in [1.29, 1.82) is 0 Å². The van der Waals surface area contributed by atoms with Gasteiger partial charge in [-0.25, -0.2) is 0 Å². The second-order valence-corrected chi connectivity index (χ2v) is 6.42. The maximum atomic E-state index is 12.4. The van der Waals surface area contributed by atoms with Crippen LogP contribution in [0, 0.1) is 13.8 Å². The van der Waals surface area contributed by atoms with E-state index in [4.69, 9.17) is 4.74 Å². The maximum absolute atomic E-state index is 12.4. The quantitative estimate of drug-likeness (QED) is 0.844. The highest BCUT2D eigenvalue weighted by molar-refractivity contribution is 5.92. The third-order valence-electron chi connectivity index (χ3n) is 4.64. The molecule has 3 rings (SSSR count). The Morgan fingerprint density at radius 3 is 2.38 bits per heavy atom. The average molecular weight is 353 g/mol. The van der Waals surface area contributed by atoms with Crippen molar-refractivity contribution in [1.82, 2.24) is 14.8 Å². The number of aromatic nitrogens is 1. The zero-order chi connectivity index (χ0) is 18.5. The Kier molecular flexibility index (Phi) is 5.51. The first-order valence-electron chi connectivity index (χ1n) is 8.73. The second kappa shape index (κ2) is 7.99. The molecule has 0 saturated carbocycles. The minimum Gasteiger partial charge on any atom is -0.484 e. The van der Waals surface area contributed by atoms with Gasteiger partial charge in [-0.2, -0.15) is 0 Å². The summed E-state index contributed by atoms with van der Waals surface area (Å²) >= 11 is 0. The Hall–Kier alpha value is -2.89. The van der Waals surface area contributed by atoms with Crippen LogP contribution in [0.15, 0.2) is 42.6 Å². The molecule has 1 aromatic carbocycles. The molecule has 1 aromatic heterocycles. The van der Waals surface area contributed by atoms with Crippen molar-refractivity contribution in [2.24, 2.45) is 0 Å². The smallest absolute Gasteiger partial charge is 0.272 e. The molecule has 0 unspecified atom stereocenters. The zero-order valence-corrected chi connectivity index (χ0v) is 15.1. The van der Waals surface area contributed by atoms with E-state index in [0.29, 0.717) is 37.6 Å². The Balaban J connectivity index is 1.49. The Morgan fingerprint density at radius 1 is 1.00 bits per heavy atom. The molecule has 6 heteroatoms. The van der Waals surface area contributed by atoms with Gasteiger partial charge < -0.3 is 14.5 Å². The average Bonchev–Trinajstić information content (AvgIpc) is 2.69. The summed E-state index contributed by atoms with van der Waals surface area (Å²) in [5, 5.41) is 0. The predicted octanol–water partition coefficient (Wildman–Crippen LogP) is 2.06. The molecule has 0 radical (unpaired) electrons. The SMILES string of the molecule is Cc1ccc(OCC(=O)N2CCN(C(=O)c3ccccn3)CC2)cc1C. The molecule has 6 nitrogen and oxygen atoms in total. The molecule has 0 atom stereocenters. The van der Waals surface area contributed by atoms with E-state index in [-0.39, 0.29) is 18.4 Å². The van der Waals surface area contributed by atoms with Crippen molar-refractivity contribution < 1.29 is 14.3 Å². The molecule has 2 aromatic rings. The van der Waals surface area contributed by atoms with E-state index < -0.39 is 0 Å². The van der Waals surface area contributed by atoms with Crippen molar-refractivity contribution in [3.8, 4) is 5.75 Å². The summed E-state index contributed by atoms with van der Waals surface area (Å²) in [4.78, 5) is 32.3. The Morgan fingerprint density at radius 2 is 1.73 bits per heavy atom. The number of rotatable bonds is 4. The van der Waals surface area contributed by atoms with Crippen molar-refractivity contribution in [2.75, 3.05) is 32.8 Å². The lowest BCUT2D eigenvalue weighted by Gasteiger charge is -2.34. The van der Waals surface area contributed by atoms with Gasteiger partial charge >= 0.3 is 0 Å². The number of carbonyl (C=O) groups is 2. The van der Waals surface area contributed by atoms with Gasteiger partial charge in [-0.15, -0.1) is 0 Å². The summed E-state index contributed by atoms with van der Waals surface area (Å²) < 4.78 is 5.62. The van der Waals surface area contributed by atoms with E-state index in [2.05, 4.69) is 4.98 Å². The van der Waals surface area contributed by atoms with Crippen molar-refractivity contribution in [3.05, 3.63) is 59.4 Å². The number of amides is 2. The summed E-state index contributed by atoms with van der Waals surface area (Å²) in [5.74, 6) is 0.544. The highest BCUT2D eigenvalue weighted by Crippen LogP contribution is 2.16. The van der Waals surface area contributed by atoms with E-state index >= 15 is 0 Å². The van der Waals surface area contributed by atoms with Gasteiger partial charge in [0.15, 0.2) is 6.61 Å². The molecule has 2 amide bonds. The summed E-state index contributed by atoms with van der Waals surface area (Å²) in [5.41, 5.74) is 2.76. The van der Waals surface area contributed by atoms with E-state index in [1.165, 1.54) is 5.56 Å². The molecule has 1 saturated heterocycles. The Bertz CT molecular complexity index is 784. The van der Waals surface area contributed by atoms with Crippen molar-refractivity contribution in [3.63, 3.8) is 0 Å². The first kappa shape index (κ1) is 17.9. The fraction of sp³-hybridized carbons (Fsp3) is 0.350. The summed E-state index contributed by atoms with van der Waals surface area (Å²) in [7, 11) is 0. The monoisotopic (exact) mass is 353 g/mol. The number of carbonyl (C=O) groups excluding carboxylic acids is 2. The van der Waals surface area contributed by atoms with Gasteiger partial charge in [0.2, 0.25) is 0 Å². The first-order valence-corrected chi connectivity index (χ1v) is 8.73. The van der Waals surface area contributed by atoms with Crippen molar-refractivity contribution >= 4 is 11.8 Å². The largest absolute Gasteiger partial charge is 0.484 e. The van der Waals surface area contributed by atoms with E-state index in [1.807, 2.05) is 32.0 Å². The molecular formula is C20H23N3O3. The summed E-state index contributed by atoms with van der Waals surface area (Å²) in [6.07, 6.45) is 1.61. The minimum absolute atomic E-state index is 0.0106. The van der Waals surface area contributed by atoms with Crippen LogP contribution in [-0.4, -0.2) is 59.4 Å². The number of ether oxygens (including phenoxy) is 1. The molecule has 2 heterocycles. The van der Waals surface area contributed by atoms with Crippen LogP contribution in [0.3, 0.4) is 0 Å². The molecule has 1 fully saturated rings. The summed E-state index contributed by atoms with van der Waals surface area (Å²) in [6.45, 7) is 6.09. The fourth-order valence-corrected chi connectivity index (χ4v) is 2.85. The third kappa shape index (κ3) is 4.20. The van der Waals surface area contributed by atoms with Crippen LogP contribution in [0.5, 0.6) is 5.75 Å². The van der Waals surface area contributed by atoms with Gasteiger partial charge in [0, 0.05) is 32.4 Å². The molecule has 0 bridgehead atoms. The van der Waals surface area contributed by atoms with Crippen LogP contribution in [0.1, 0.15) is 21.6 Å². The standard InChI is InChI=1S/C20H23N3O3/c1-15-6-7-17(13-16(15)2)26-14-19(24)22-9-11-23(12-10-22)20(25)18-5-3-4-8-21-18/h3-8,13H,9-12,14H2,1-2H3. The molecule has 0 spiro atoms. The molecule has 1 aliphatic rings. The lowest BCUT2D eigenvalue weighted by atomic mass is 10.1. The van der Waals surface area contributed by atoms with Gasteiger partial charge in [0.05, 0.1) is 0 Å². The van der Waals surface area contributed by atoms with Crippen LogP contribution < -0.4 is 4.74 Å². The normalized spacial score (nSPS) is 14.2. The second-order valence-electron chi connectivity index (χ2n) is 6.42. The van der Waals surface area contributed by atoms with Crippen LogP contribution in [0.4, 0.5) is 0 Å². The molecule has 136 valence electrons. The van der Waals surface area contributed by atoms with Crippen LogP contribution in [0.25, 0.3) is 0 Å². The third-order valence-corrected chi connectivity index (χ3v) is 4.64. The Labute approximate surface area is 153 Å². The molecule has 26 heavy (non-hydrogen) atoms. The molecule has 0 aliphatic carbocycles. The van der Waals surface area contributed by atoms with Gasteiger partial charge in [0.25, 0.3) is 11.8 Å². The van der Waals surface area contributed by atoms with E-state index in [1.54, 1.807) is 34.2 Å². The number of aryl methyl sites for hydroxylation is 2. The lowest BCUT2D eigenvalue weighted by molar-refractivity contribution is -0.134. The molecule has 0 N–H and O–H groups in total. The highest BCUT2D eigenvalue weighted by atomic mass is 16.5. The number of benzene rings is 1. The number of hydrogen-bond acceptors (Lipinski definition) is 4. The van der Waals surface area contributed by atoms with Gasteiger partial charge in [-0.05, 0) is 49.2 Å².